The lowest BCUT2D eigenvalue weighted by atomic mass is 10.5. The third-order valence-electron chi connectivity index (χ3n) is 1.80. The van der Waals surface area contributed by atoms with Crippen molar-refractivity contribution in [1.29, 1.82) is 0 Å². The molecule has 1 heterocycles. The zero-order valence-electron chi connectivity index (χ0n) is 9.04. The van der Waals surface area contributed by atoms with Gasteiger partial charge >= 0.3 is 7.60 Å². The predicted molar refractivity (Wildman–Crippen MR) is 61.3 cm³/mol. The van der Waals surface area contributed by atoms with Crippen molar-refractivity contribution in [2.45, 2.75) is 0 Å². The first kappa shape index (κ1) is 13.4. The van der Waals surface area contributed by atoms with Gasteiger partial charge < -0.3 is 13.8 Å². The van der Waals surface area contributed by atoms with E-state index in [9.17, 15) is 9.36 Å². The smallest absolute Gasteiger partial charge is 0.337 e. The van der Waals surface area contributed by atoms with Crippen molar-refractivity contribution >= 4 is 24.7 Å². The summed E-state index contributed by atoms with van der Waals surface area (Å²) >= 11 is 1.39. The van der Waals surface area contributed by atoms with Crippen LogP contribution >= 0.6 is 18.9 Å². The van der Waals surface area contributed by atoms with Crippen molar-refractivity contribution in [3.63, 3.8) is 0 Å². The summed E-state index contributed by atoms with van der Waals surface area (Å²) in [4.78, 5) is 11.4. The normalized spacial score (nSPS) is 11.4. The van der Waals surface area contributed by atoms with E-state index in [2.05, 4.69) is 9.05 Å². The Morgan fingerprint density at radius 1 is 1.44 bits per heavy atom. The minimum Gasteiger partial charge on any atom is -0.476 e. The molecule has 1 aromatic heterocycles. The highest BCUT2D eigenvalue weighted by atomic mass is 32.1. The number of ether oxygens (including phenoxy) is 1. The molecule has 0 radical (unpaired) electrons. The standard InChI is InChI=1S/C9H13O5PS/c1-12-15(11,13-2)7-8(10)6-14-9-4-3-5-16-9/h3-5H,6-7H2,1-2H3. The molecule has 16 heavy (non-hydrogen) atoms. The molecule has 5 nitrogen and oxygen atoms in total. The monoisotopic (exact) mass is 264 g/mol. The molecular weight excluding hydrogens is 251 g/mol. The number of ketones is 1. The van der Waals surface area contributed by atoms with E-state index in [1.165, 1.54) is 25.6 Å². The van der Waals surface area contributed by atoms with Gasteiger partial charge in [-0.3, -0.25) is 9.36 Å². The van der Waals surface area contributed by atoms with E-state index in [0.717, 1.165) is 0 Å². The molecule has 90 valence electrons. The highest BCUT2D eigenvalue weighted by Gasteiger charge is 2.25. The van der Waals surface area contributed by atoms with Gasteiger partial charge in [0.05, 0.1) is 0 Å². The molecular formula is C9H13O5PS. The van der Waals surface area contributed by atoms with Crippen LogP contribution in [0.2, 0.25) is 0 Å². The van der Waals surface area contributed by atoms with Crippen LogP contribution in [0.1, 0.15) is 0 Å². The average Bonchev–Trinajstić information content (AvgIpc) is 2.79. The number of carbonyl (C=O) groups excluding carboxylic acids is 1. The summed E-state index contributed by atoms with van der Waals surface area (Å²) in [6.45, 7) is -0.128. The van der Waals surface area contributed by atoms with Crippen LogP contribution in [-0.4, -0.2) is 32.8 Å². The van der Waals surface area contributed by atoms with Crippen molar-refractivity contribution < 1.29 is 23.1 Å². The van der Waals surface area contributed by atoms with Crippen LogP contribution in [-0.2, 0) is 18.4 Å². The first-order valence-electron chi connectivity index (χ1n) is 4.48. The zero-order valence-corrected chi connectivity index (χ0v) is 10.8. The van der Waals surface area contributed by atoms with E-state index >= 15 is 0 Å². The van der Waals surface area contributed by atoms with Gasteiger partial charge in [0, 0.05) is 14.2 Å². The summed E-state index contributed by atoms with van der Waals surface area (Å²) in [5.41, 5.74) is 0. The second kappa shape index (κ2) is 6.15. The van der Waals surface area contributed by atoms with E-state index in [1.54, 1.807) is 6.07 Å². The van der Waals surface area contributed by atoms with E-state index < -0.39 is 7.60 Å². The quantitative estimate of drug-likeness (QED) is 0.706. The van der Waals surface area contributed by atoms with Crippen molar-refractivity contribution in [3.8, 4) is 5.06 Å². The molecule has 0 atom stereocenters. The highest BCUT2D eigenvalue weighted by molar-refractivity contribution is 7.54. The van der Waals surface area contributed by atoms with Crippen LogP contribution in [0.3, 0.4) is 0 Å². The minimum atomic E-state index is -3.27. The molecule has 0 spiro atoms. The third kappa shape index (κ3) is 4.06. The van der Waals surface area contributed by atoms with E-state index in [4.69, 9.17) is 4.74 Å². The molecule has 0 bridgehead atoms. The number of hydrogen-bond acceptors (Lipinski definition) is 6. The van der Waals surface area contributed by atoms with Gasteiger partial charge in [-0.25, -0.2) is 0 Å². The molecule has 0 aromatic carbocycles. The molecule has 1 aromatic rings. The Morgan fingerprint density at radius 3 is 2.62 bits per heavy atom. The number of carbonyl (C=O) groups is 1. The maximum absolute atomic E-state index is 11.6. The summed E-state index contributed by atoms with van der Waals surface area (Å²) < 4.78 is 26.1. The molecule has 1 rings (SSSR count). The second-order valence-corrected chi connectivity index (χ2v) is 6.07. The molecule has 0 saturated heterocycles. The van der Waals surface area contributed by atoms with Crippen molar-refractivity contribution in [1.82, 2.24) is 0 Å². The molecule has 7 heteroatoms. The Kier molecular flexibility index (Phi) is 5.15. The first-order chi connectivity index (χ1) is 7.59. The lowest BCUT2D eigenvalue weighted by Gasteiger charge is -2.12. The average molecular weight is 264 g/mol. The van der Waals surface area contributed by atoms with Crippen LogP contribution in [0.25, 0.3) is 0 Å². The number of rotatable bonds is 7. The van der Waals surface area contributed by atoms with Gasteiger partial charge in [-0.15, -0.1) is 11.3 Å². The Balaban J connectivity index is 2.39. The van der Waals surface area contributed by atoms with Crippen molar-refractivity contribution in [3.05, 3.63) is 17.5 Å². The van der Waals surface area contributed by atoms with Crippen LogP contribution < -0.4 is 4.74 Å². The van der Waals surface area contributed by atoms with Gasteiger partial charge in [-0.05, 0) is 17.5 Å². The topological polar surface area (TPSA) is 61.8 Å². The third-order valence-corrected chi connectivity index (χ3v) is 4.43. The van der Waals surface area contributed by atoms with Crippen LogP contribution in [0, 0.1) is 0 Å². The highest BCUT2D eigenvalue weighted by Crippen LogP contribution is 2.45. The van der Waals surface area contributed by atoms with Gasteiger partial charge in [0.1, 0.15) is 12.8 Å². The van der Waals surface area contributed by atoms with E-state index in [0.29, 0.717) is 5.06 Å². The maximum atomic E-state index is 11.6. The van der Waals surface area contributed by atoms with Crippen LogP contribution in [0.15, 0.2) is 17.5 Å². The molecule has 0 fully saturated rings. The Morgan fingerprint density at radius 2 is 2.12 bits per heavy atom. The van der Waals surface area contributed by atoms with Crippen molar-refractivity contribution in [2.75, 3.05) is 27.0 Å². The van der Waals surface area contributed by atoms with Crippen LogP contribution in [0.4, 0.5) is 0 Å². The molecule has 0 aliphatic rings. The van der Waals surface area contributed by atoms with E-state index in [1.807, 2.05) is 11.4 Å². The number of Topliss-reactive ketones (excluding diaryl/α,β-unsaturated/α-hetero) is 1. The minimum absolute atomic E-state index is 0.128. The Labute approximate surface area is 97.9 Å². The zero-order chi connectivity index (χ0) is 12.0. The lowest BCUT2D eigenvalue weighted by molar-refractivity contribution is -0.118. The first-order valence-corrected chi connectivity index (χ1v) is 7.09. The Bertz CT molecular complexity index is 367. The fraction of sp³-hybridized carbons (Fsp3) is 0.444. The Hall–Kier alpha value is -0.680. The van der Waals surface area contributed by atoms with Gasteiger partial charge in [0.15, 0.2) is 10.8 Å². The molecule has 0 aliphatic carbocycles. The van der Waals surface area contributed by atoms with Crippen molar-refractivity contribution in [2.24, 2.45) is 0 Å². The molecule has 0 aliphatic heterocycles. The summed E-state index contributed by atoms with van der Waals surface area (Å²) in [5, 5.41) is 2.49. The SMILES string of the molecule is COP(=O)(CC(=O)COc1cccs1)OC. The number of thiophene rings is 1. The van der Waals surface area contributed by atoms with Gasteiger partial charge in [-0.2, -0.15) is 0 Å². The summed E-state index contributed by atoms with van der Waals surface area (Å²) in [6, 6.07) is 3.57. The van der Waals surface area contributed by atoms with Gasteiger partial charge in [0.25, 0.3) is 0 Å². The fourth-order valence-corrected chi connectivity index (χ4v) is 2.47. The predicted octanol–water partition coefficient (Wildman–Crippen LogP) is 2.18. The maximum Gasteiger partial charge on any atom is 0.337 e. The molecule has 0 N–H and O–H groups in total. The number of hydrogen-bond donors (Lipinski definition) is 0. The van der Waals surface area contributed by atoms with Gasteiger partial charge in [0.2, 0.25) is 0 Å². The van der Waals surface area contributed by atoms with E-state index in [-0.39, 0.29) is 18.6 Å². The fourth-order valence-electron chi connectivity index (χ4n) is 0.963. The molecule has 0 unspecified atom stereocenters. The van der Waals surface area contributed by atoms with Gasteiger partial charge in [-0.1, -0.05) is 0 Å². The summed E-state index contributed by atoms with van der Waals surface area (Å²) in [5.74, 6) is -0.319. The molecule has 0 amide bonds. The summed E-state index contributed by atoms with van der Waals surface area (Å²) in [7, 11) is -0.775. The van der Waals surface area contributed by atoms with Crippen LogP contribution in [0.5, 0.6) is 5.06 Å². The lowest BCUT2D eigenvalue weighted by Crippen LogP contribution is -2.16. The molecule has 0 saturated carbocycles. The largest absolute Gasteiger partial charge is 0.476 e. The second-order valence-electron chi connectivity index (χ2n) is 2.89. The summed E-state index contributed by atoms with van der Waals surface area (Å²) in [6.07, 6.45) is -0.272.